The maximum Gasteiger partial charge on any atom is 0.254 e. The number of fused-ring (bicyclic) bond motifs is 2. The minimum absolute atomic E-state index is 0.102. The van der Waals surface area contributed by atoms with Gasteiger partial charge in [-0.25, -0.2) is 0 Å². The first kappa shape index (κ1) is 20.1. The number of likely N-dealkylation sites (N-methyl/N-ethyl adjacent to an activating group) is 1. The van der Waals surface area contributed by atoms with Gasteiger partial charge < -0.3 is 24.8 Å². The van der Waals surface area contributed by atoms with E-state index < -0.39 is 17.7 Å². The summed E-state index contributed by atoms with van der Waals surface area (Å²) in [5.41, 5.74) is 0.495. The average molecular weight is 444 g/mol. The number of nitrogens with zero attached hydrogens (tertiary/aromatic N) is 2. The monoisotopic (exact) mass is 443 g/mol. The van der Waals surface area contributed by atoms with Gasteiger partial charge in [0, 0.05) is 36.9 Å². The van der Waals surface area contributed by atoms with Crippen molar-refractivity contribution < 1.29 is 24.2 Å². The molecule has 0 aromatic heterocycles. The minimum Gasteiger partial charge on any atom is -0.454 e. The number of hydrogen-bond acceptors (Lipinski definition) is 6. The predicted octanol–water partition coefficient (Wildman–Crippen LogP) is 1.79. The Hall–Kier alpha value is -2.81. The Morgan fingerprint density at radius 2 is 2.00 bits per heavy atom. The van der Waals surface area contributed by atoms with Crippen LogP contribution in [0.25, 0.3) is 0 Å². The summed E-state index contributed by atoms with van der Waals surface area (Å²) < 4.78 is 11.0. The Bertz CT molecular complexity index is 1090. The third-order valence-electron chi connectivity index (χ3n) is 6.17. The summed E-state index contributed by atoms with van der Waals surface area (Å²) in [6, 6.07) is 9.82. The third-order valence-corrected chi connectivity index (χ3v) is 6.41. The van der Waals surface area contributed by atoms with E-state index in [1.165, 1.54) is 4.90 Å². The maximum absolute atomic E-state index is 13.7. The van der Waals surface area contributed by atoms with Crippen LogP contribution in [0.5, 0.6) is 11.5 Å². The number of hydrogen-bond donors (Lipinski definition) is 2. The summed E-state index contributed by atoms with van der Waals surface area (Å²) in [4.78, 5) is 30.1. The molecule has 3 atom stereocenters. The molecule has 2 aromatic carbocycles. The SMILES string of the molecule is CN(C)C(=O)[C@@H]1C[C@@H](O)CN1C1(c2ccc3c(c2)OCO3)C(=O)Nc2ccc(Cl)cc21. The van der Waals surface area contributed by atoms with Gasteiger partial charge >= 0.3 is 0 Å². The van der Waals surface area contributed by atoms with Crippen LogP contribution in [0.3, 0.4) is 0 Å². The molecule has 0 radical (unpaired) electrons. The Balaban J connectivity index is 1.76. The van der Waals surface area contributed by atoms with Gasteiger partial charge in [0.2, 0.25) is 12.7 Å². The fourth-order valence-electron chi connectivity index (χ4n) is 4.84. The van der Waals surface area contributed by atoms with E-state index in [0.29, 0.717) is 33.3 Å². The molecule has 2 amide bonds. The summed E-state index contributed by atoms with van der Waals surface area (Å²) in [5.74, 6) is 0.621. The van der Waals surface area contributed by atoms with Crippen molar-refractivity contribution in [1.29, 1.82) is 0 Å². The molecule has 3 aliphatic rings. The Morgan fingerprint density at radius 3 is 2.77 bits per heavy atom. The van der Waals surface area contributed by atoms with Crippen LogP contribution in [-0.4, -0.2) is 66.3 Å². The average Bonchev–Trinajstić information content (AvgIpc) is 3.42. The van der Waals surface area contributed by atoms with Gasteiger partial charge in [0.05, 0.1) is 12.1 Å². The first-order valence-electron chi connectivity index (χ1n) is 10.00. The second-order valence-electron chi connectivity index (χ2n) is 8.21. The molecule has 2 N–H and O–H groups in total. The van der Waals surface area contributed by atoms with Crippen LogP contribution in [0.15, 0.2) is 36.4 Å². The number of ether oxygens (including phenoxy) is 2. The highest BCUT2D eigenvalue weighted by molar-refractivity contribution is 6.31. The highest BCUT2D eigenvalue weighted by Crippen LogP contribution is 2.50. The van der Waals surface area contributed by atoms with Crippen LogP contribution in [0, 0.1) is 0 Å². The molecule has 1 unspecified atom stereocenters. The van der Waals surface area contributed by atoms with Gasteiger partial charge in [0.1, 0.15) is 0 Å². The molecule has 1 saturated heterocycles. The van der Waals surface area contributed by atoms with Crippen LogP contribution >= 0.6 is 11.6 Å². The number of nitrogens with one attached hydrogen (secondary N) is 1. The van der Waals surface area contributed by atoms with E-state index in [1.807, 2.05) is 0 Å². The minimum atomic E-state index is -1.37. The molecule has 8 nitrogen and oxygen atoms in total. The predicted molar refractivity (Wildman–Crippen MR) is 113 cm³/mol. The number of benzene rings is 2. The zero-order chi connectivity index (χ0) is 21.9. The van der Waals surface area contributed by atoms with E-state index in [4.69, 9.17) is 21.1 Å². The number of carbonyl (C=O) groups excluding carboxylic acids is 2. The van der Waals surface area contributed by atoms with Gasteiger partial charge in [-0.05, 0) is 42.3 Å². The molecule has 2 aromatic rings. The van der Waals surface area contributed by atoms with Gasteiger partial charge in [0.15, 0.2) is 17.0 Å². The van der Waals surface area contributed by atoms with E-state index in [1.54, 1.807) is 55.4 Å². The highest BCUT2D eigenvalue weighted by Gasteiger charge is 2.58. The lowest BCUT2D eigenvalue weighted by atomic mass is 9.81. The van der Waals surface area contributed by atoms with Crippen LogP contribution in [0.4, 0.5) is 5.69 Å². The maximum atomic E-state index is 13.7. The fraction of sp³-hybridized carbons (Fsp3) is 0.364. The molecule has 0 spiro atoms. The summed E-state index contributed by atoms with van der Waals surface area (Å²) in [5, 5.41) is 14.0. The number of aliphatic hydroxyl groups excluding tert-OH is 1. The zero-order valence-corrected chi connectivity index (χ0v) is 17.8. The normalized spacial score (nSPS) is 26.6. The molecule has 162 valence electrons. The summed E-state index contributed by atoms with van der Waals surface area (Å²) >= 11 is 6.34. The van der Waals surface area contributed by atoms with E-state index in [0.717, 1.165) is 0 Å². The summed E-state index contributed by atoms with van der Waals surface area (Å²) in [7, 11) is 3.33. The van der Waals surface area contributed by atoms with Crippen molar-refractivity contribution in [3.8, 4) is 11.5 Å². The van der Waals surface area contributed by atoms with Crippen LogP contribution in [-0.2, 0) is 15.1 Å². The molecule has 3 aliphatic heterocycles. The Morgan fingerprint density at radius 1 is 1.23 bits per heavy atom. The molecule has 0 bridgehead atoms. The molecule has 9 heteroatoms. The first-order chi connectivity index (χ1) is 14.8. The number of rotatable bonds is 3. The standard InChI is InChI=1S/C22H22ClN3O5/c1-25(2)20(28)17-9-14(27)10-26(17)22(12-3-6-18-19(7-12)31-11-30-18)15-8-13(23)4-5-16(15)24-21(22)29/h3-8,14,17,27H,9-11H2,1-2H3,(H,24,29)/t14-,17+,22?/m1/s1. The Labute approximate surface area is 184 Å². The number of amides is 2. The van der Waals surface area contributed by atoms with E-state index >= 15 is 0 Å². The molecule has 0 aliphatic carbocycles. The number of aliphatic hydroxyl groups is 1. The topological polar surface area (TPSA) is 91.3 Å². The summed E-state index contributed by atoms with van der Waals surface area (Å²) in [6.07, 6.45) is -0.525. The van der Waals surface area contributed by atoms with Crippen molar-refractivity contribution in [3.63, 3.8) is 0 Å². The fourth-order valence-corrected chi connectivity index (χ4v) is 5.01. The zero-order valence-electron chi connectivity index (χ0n) is 17.1. The lowest BCUT2D eigenvalue weighted by Crippen LogP contribution is -2.57. The number of halogens is 1. The van der Waals surface area contributed by atoms with Gasteiger partial charge in [0.25, 0.3) is 5.91 Å². The number of β-amino-alcohol motifs (C(OH)–C–C–N with tert-alkyl or cyclic N) is 1. The molecular formula is C22H22ClN3O5. The first-order valence-corrected chi connectivity index (χ1v) is 10.4. The summed E-state index contributed by atoms with van der Waals surface area (Å²) in [6.45, 7) is 0.253. The second-order valence-corrected chi connectivity index (χ2v) is 8.65. The van der Waals surface area contributed by atoms with Gasteiger partial charge in [-0.2, -0.15) is 0 Å². The molecule has 31 heavy (non-hydrogen) atoms. The van der Waals surface area contributed by atoms with E-state index in [-0.39, 0.29) is 31.6 Å². The van der Waals surface area contributed by atoms with Gasteiger partial charge in [-0.15, -0.1) is 0 Å². The molecule has 1 fully saturated rings. The van der Waals surface area contributed by atoms with Crippen LogP contribution < -0.4 is 14.8 Å². The quantitative estimate of drug-likeness (QED) is 0.751. The smallest absolute Gasteiger partial charge is 0.254 e. The second kappa shape index (κ2) is 7.12. The lowest BCUT2D eigenvalue weighted by Gasteiger charge is -2.41. The van der Waals surface area contributed by atoms with Crippen molar-refractivity contribution >= 4 is 29.1 Å². The van der Waals surface area contributed by atoms with Gasteiger partial charge in [-0.3, -0.25) is 14.5 Å². The largest absolute Gasteiger partial charge is 0.454 e. The van der Waals surface area contributed by atoms with E-state index in [2.05, 4.69) is 5.32 Å². The van der Waals surface area contributed by atoms with Crippen LogP contribution in [0.1, 0.15) is 17.5 Å². The van der Waals surface area contributed by atoms with Crippen molar-refractivity contribution in [3.05, 3.63) is 52.5 Å². The molecule has 3 heterocycles. The van der Waals surface area contributed by atoms with Crippen molar-refractivity contribution in [2.75, 3.05) is 32.7 Å². The third kappa shape index (κ3) is 2.90. The molecule has 5 rings (SSSR count). The van der Waals surface area contributed by atoms with E-state index in [9.17, 15) is 14.7 Å². The van der Waals surface area contributed by atoms with Crippen LogP contribution in [0.2, 0.25) is 5.02 Å². The molecular weight excluding hydrogens is 422 g/mol. The van der Waals surface area contributed by atoms with Crippen molar-refractivity contribution in [2.45, 2.75) is 24.1 Å². The van der Waals surface area contributed by atoms with Gasteiger partial charge in [-0.1, -0.05) is 17.7 Å². The van der Waals surface area contributed by atoms with Crippen molar-refractivity contribution in [2.24, 2.45) is 0 Å². The van der Waals surface area contributed by atoms with Crippen molar-refractivity contribution in [1.82, 2.24) is 9.80 Å². The Kier molecular flexibility index (Phi) is 4.62. The number of carbonyl (C=O) groups is 2. The highest BCUT2D eigenvalue weighted by atomic mass is 35.5. The number of likely N-dealkylation sites (tertiary alicyclic amines) is 1. The number of anilines is 1. The molecule has 0 saturated carbocycles. The lowest BCUT2D eigenvalue weighted by molar-refractivity contribution is -0.138.